The number of hydrogen-bond donors (Lipinski definition) is 1. The van der Waals surface area contributed by atoms with Crippen LogP contribution in [0.2, 0.25) is 10.0 Å². The molecule has 0 spiro atoms. The molecule has 1 aliphatic heterocycles. The van der Waals surface area contributed by atoms with E-state index in [9.17, 15) is 9.59 Å². The lowest BCUT2D eigenvalue weighted by molar-refractivity contribution is -0.131. The molecule has 2 fully saturated rings. The Morgan fingerprint density at radius 2 is 2.05 bits per heavy atom. The second kappa shape index (κ2) is 5.85. The van der Waals surface area contributed by atoms with Gasteiger partial charge in [-0.05, 0) is 31.4 Å². The third-order valence-corrected chi connectivity index (χ3v) is 5.07. The van der Waals surface area contributed by atoms with Crippen LogP contribution >= 0.6 is 23.2 Å². The first-order chi connectivity index (χ1) is 10.1. The van der Waals surface area contributed by atoms with Crippen molar-refractivity contribution >= 4 is 40.7 Å². The van der Waals surface area contributed by atoms with E-state index in [0.717, 1.165) is 12.8 Å². The number of anilines is 1. The maximum Gasteiger partial charge on any atom is 0.229 e. The minimum atomic E-state index is -0.312. The van der Waals surface area contributed by atoms with Gasteiger partial charge in [-0.1, -0.05) is 29.3 Å². The summed E-state index contributed by atoms with van der Waals surface area (Å²) in [5.41, 5.74) is 0.490. The summed E-state index contributed by atoms with van der Waals surface area (Å²) in [7, 11) is 0. The third-order valence-electron chi connectivity index (χ3n) is 4.25. The van der Waals surface area contributed by atoms with Crippen LogP contribution in [0, 0.1) is 5.92 Å². The number of likely N-dealkylation sites (tertiary alicyclic amines) is 1. The van der Waals surface area contributed by atoms with Gasteiger partial charge in [0.25, 0.3) is 0 Å². The molecule has 1 aromatic rings. The summed E-state index contributed by atoms with van der Waals surface area (Å²) in [6, 6.07) is 5.43. The number of amides is 2. The number of carbonyl (C=O) groups is 2. The number of halogens is 2. The largest absolute Gasteiger partial charge is 0.339 e. The molecule has 0 bridgehead atoms. The molecule has 1 unspecified atom stereocenters. The van der Waals surface area contributed by atoms with Crippen LogP contribution in [0.3, 0.4) is 0 Å². The molecule has 112 valence electrons. The summed E-state index contributed by atoms with van der Waals surface area (Å²) in [4.78, 5) is 26.2. The van der Waals surface area contributed by atoms with Crippen molar-refractivity contribution in [2.24, 2.45) is 5.92 Å². The molecule has 1 aliphatic carbocycles. The summed E-state index contributed by atoms with van der Waals surface area (Å²) in [5.74, 6) is -0.403. The predicted octanol–water partition coefficient (Wildman–Crippen LogP) is 3.33. The molecule has 1 atom stereocenters. The first kappa shape index (κ1) is 14.7. The summed E-state index contributed by atoms with van der Waals surface area (Å²) in [6.45, 7) is 0.507. The highest BCUT2D eigenvalue weighted by atomic mass is 35.5. The summed E-state index contributed by atoms with van der Waals surface area (Å²) in [6.07, 6.45) is 3.56. The van der Waals surface area contributed by atoms with Gasteiger partial charge < -0.3 is 10.2 Å². The average molecular weight is 327 g/mol. The number of benzene rings is 1. The molecule has 1 saturated carbocycles. The zero-order valence-corrected chi connectivity index (χ0v) is 13.0. The molecule has 1 saturated heterocycles. The van der Waals surface area contributed by atoms with E-state index in [-0.39, 0.29) is 24.2 Å². The fourth-order valence-electron chi connectivity index (χ4n) is 2.79. The number of carbonyl (C=O) groups excluding carboxylic acids is 2. The summed E-state index contributed by atoms with van der Waals surface area (Å²) >= 11 is 12.0. The molecule has 1 N–H and O–H groups in total. The van der Waals surface area contributed by atoms with Gasteiger partial charge in [0, 0.05) is 19.0 Å². The molecule has 1 heterocycles. The molecular weight excluding hydrogens is 311 g/mol. The van der Waals surface area contributed by atoms with Gasteiger partial charge in [0.15, 0.2) is 0 Å². The lowest BCUT2D eigenvalue weighted by Crippen LogP contribution is -2.41. The minimum Gasteiger partial charge on any atom is -0.339 e. The van der Waals surface area contributed by atoms with E-state index in [2.05, 4.69) is 5.32 Å². The Hall–Kier alpha value is -1.26. The molecule has 0 radical (unpaired) electrons. The van der Waals surface area contributed by atoms with Crippen molar-refractivity contribution in [3.8, 4) is 0 Å². The van der Waals surface area contributed by atoms with Gasteiger partial charge in [-0.25, -0.2) is 0 Å². The van der Waals surface area contributed by atoms with Crippen LogP contribution in [0.4, 0.5) is 5.69 Å². The van der Waals surface area contributed by atoms with Gasteiger partial charge in [0.1, 0.15) is 0 Å². The van der Waals surface area contributed by atoms with Gasteiger partial charge >= 0.3 is 0 Å². The molecule has 0 aromatic heterocycles. The third kappa shape index (κ3) is 2.87. The lowest BCUT2D eigenvalue weighted by Gasteiger charge is -2.34. The van der Waals surface area contributed by atoms with Gasteiger partial charge in [0.05, 0.1) is 21.7 Å². The van der Waals surface area contributed by atoms with E-state index in [4.69, 9.17) is 23.2 Å². The van der Waals surface area contributed by atoms with Crippen LogP contribution in [-0.4, -0.2) is 29.3 Å². The average Bonchev–Trinajstić information content (AvgIpc) is 2.75. The number of nitrogens with zero attached hydrogens (tertiary/aromatic N) is 1. The normalized spacial score (nSPS) is 22.3. The van der Waals surface area contributed by atoms with Crippen LogP contribution in [0.5, 0.6) is 0 Å². The predicted molar refractivity (Wildman–Crippen MR) is 82.6 cm³/mol. The Balaban J connectivity index is 1.66. The van der Waals surface area contributed by atoms with Crippen molar-refractivity contribution in [2.75, 3.05) is 11.9 Å². The second-order valence-electron chi connectivity index (χ2n) is 5.62. The highest BCUT2D eigenvalue weighted by Gasteiger charge is 2.39. The van der Waals surface area contributed by atoms with E-state index < -0.39 is 0 Å². The van der Waals surface area contributed by atoms with E-state index in [1.165, 1.54) is 6.42 Å². The van der Waals surface area contributed by atoms with Crippen LogP contribution in [0.15, 0.2) is 18.2 Å². The van der Waals surface area contributed by atoms with Crippen molar-refractivity contribution in [2.45, 2.75) is 31.7 Å². The Morgan fingerprint density at radius 3 is 2.71 bits per heavy atom. The van der Waals surface area contributed by atoms with Crippen molar-refractivity contribution in [1.29, 1.82) is 0 Å². The Bertz CT molecular complexity index is 587. The molecule has 6 heteroatoms. The highest BCUT2D eigenvalue weighted by molar-refractivity contribution is 6.44. The van der Waals surface area contributed by atoms with Crippen LogP contribution in [0.1, 0.15) is 25.7 Å². The first-order valence-corrected chi connectivity index (χ1v) is 7.86. The van der Waals surface area contributed by atoms with Crippen molar-refractivity contribution < 1.29 is 9.59 Å². The fraction of sp³-hybridized carbons (Fsp3) is 0.467. The van der Waals surface area contributed by atoms with Gasteiger partial charge in [-0.2, -0.15) is 0 Å². The minimum absolute atomic E-state index is 0.0806. The van der Waals surface area contributed by atoms with Gasteiger partial charge in [-0.15, -0.1) is 0 Å². The van der Waals surface area contributed by atoms with Crippen LogP contribution in [-0.2, 0) is 9.59 Å². The monoisotopic (exact) mass is 326 g/mol. The van der Waals surface area contributed by atoms with Crippen molar-refractivity contribution in [3.05, 3.63) is 28.2 Å². The van der Waals surface area contributed by atoms with Crippen molar-refractivity contribution in [3.63, 3.8) is 0 Å². The maximum atomic E-state index is 12.3. The summed E-state index contributed by atoms with van der Waals surface area (Å²) < 4.78 is 0. The van der Waals surface area contributed by atoms with E-state index in [1.807, 2.05) is 4.90 Å². The molecular formula is C15H16Cl2N2O2. The fourth-order valence-corrected chi connectivity index (χ4v) is 3.14. The highest BCUT2D eigenvalue weighted by Crippen LogP contribution is 2.33. The number of rotatable bonds is 3. The van der Waals surface area contributed by atoms with E-state index in [1.54, 1.807) is 18.2 Å². The topological polar surface area (TPSA) is 49.4 Å². The second-order valence-corrected chi connectivity index (χ2v) is 6.41. The molecule has 1 aromatic carbocycles. The number of nitrogens with one attached hydrogen (secondary N) is 1. The smallest absolute Gasteiger partial charge is 0.229 e. The zero-order valence-electron chi connectivity index (χ0n) is 11.4. The maximum absolute atomic E-state index is 12.3. The van der Waals surface area contributed by atoms with Crippen molar-refractivity contribution in [1.82, 2.24) is 4.90 Å². The lowest BCUT2D eigenvalue weighted by atomic mass is 9.92. The van der Waals surface area contributed by atoms with E-state index >= 15 is 0 Å². The molecule has 21 heavy (non-hydrogen) atoms. The van der Waals surface area contributed by atoms with Crippen LogP contribution in [0.25, 0.3) is 0 Å². The zero-order chi connectivity index (χ0) is 15.0. The number of hydrogen-bond acceptors (Lipinski definition) is 2. The molecule has 2 amide bonds. The Labute approximate surface area is 133 Å². The van der Waals surface area contributed by atoms with Gasteiger partial charge in [-0.3, -0.25) is 9.59 Å². The van der Waals surface area contributed by atoms with E-state index in [0.29, 0.717) is 28.3 Å². The SMILES string of the molecule is O=C(Nc1cccc(Cl)c1Cl)C1CC(=O)N(C2CCC2)C1. The molecule has 3 rings (SSSR count). The summed E-state index contributed by atoms with van der Waals surface area (Å²) in [5, 5.41) is 3.50. The Kier molecular flexibility index (Phi) is 4.09. The van der Waals surface area contributed by atoms with Gasteiger partial charge in [0.2, 0.25) is 11.8 Å². The standard InChI is InChI=1S/C15H16Cl2N2O2/c16-11-5-2-6-12(14(11)17)18-15(21)9-7-13(20)19(8-9)10-3-1-4-10/h2,5-6,9-10H,1,3-4,7-8H2,(H,18,21). The van der Waals surface area contributed by atoms with Crippen LogP contribution < -0.4 is 5.32 Å². The molecule has 2 aliphatic rings. The first-order valence-electron chi connectivity index (χ1n) is 7.10. The quantitative estimate of drug-likeness (QED) is 0.926. The molecule has 4 nitrogen and oxygen atoms in total. The Morgan fingerprint density at radius 1 is 1.29 bits per heavy atom.